The van der Waals surface area contributed by atoms with E-state index in [1.165, 1.54) is 12.1 Å². The van der Waals surface area contributed by atoms with Crippen LogP contribution in [-0.2, 0) is 0 Å². The van der Waals surface area contributed by atoms with Crippen molar-refractivity contribution in [1.29, 1.82) is 0 Å². The minimum absolute atomic E-state index is 0.138. The van der Waals surface area contributed by atoms with E-state index in [4.69, 9.17) is 5.11 Å². The monoisotopic (exact) mass is 248 g/mol. The lowest BCUT2D eigenvalue weighted by Crippen LogP contribution is -2.34. The number of carbonyl (C=O) groups is 2. The number of urea groups is 1. The molecule has 0 heterocycles. The first kappa shape index (κ1) is 13.8. The van der Waals surface area contributed by atoms with E-state index in [0.29, 0.717) is 18.8 Å². The van der Waals surface area contributed by atoms with Crippen LogP contribution < -0.4 is 5.32 Å². The zero-order chi connectivity index (χ0) is 13.5. The molecule has 0 aliphatic rings. The van der Waals surface area contributed by atoms with E-state index in [-0.39, 0.29) is 11.6 Å². The Bertz CT molecular complexity index is 457. The van der Waals surface area contributed by atoms with Crippen molar-refractivity contribution >= 4 is 17.7 Å². The molecule has 5 heteroatoms. The van der Waals surface area contributed by atoms with Gasteiger partial charge in [-0.1, -0.05) is 12.1 Å². The molecule has 96 valence electrons. The van der Waals surface area contributed by atoms with Crippen LogP contribution in [0, 0.1) is 0 Å². The first-order valence-corrected chi connectivity index (χ1v) is 5.58. The molecule has 0 unspecified atom stereocenters. The third-order valence-electron chi connectivity index (χ3n) is 2.38. The summed E-state index contributed by atoms with van der Waals surface area (Å²) in [6, 6.07) is 5.84. The van der Waals surface area contributed by atoms with E-state index in [1.54, 1.807) is 23.1 Å². The number of anilines is 1. The minimum Gasteiger partial charge on any atom is -0.478 e. The summed E-state index contributed by atoms with van der Waals surface area (Å²) in [6.07, 6.45) is 1.64. The van der Waals surface area contributed by atoms with Crippen LogP contribution in [0.5, 0.6) is 0 Å². The average molecular weight is 248 g/mol. The standard InChI is InChI=1S/C13H16N2O3/c1-3-8-15(4-2)13(18)14-11-7-5-6-10(9-11)12(16)17/h3,5-7,9H,1,4,8H2,2H3,(H,14,18)(H,16,17). The Kier molecular flexibility index (Phi) is 4.92. The fraction of sp³-hybridized carbons (Fsp3) is 0.231. The third-order valence-corrected chi connectivity index (χ3v) is 2.38. The van der Waals surface area contributed by atoms with Gasteiger partial charge in [0.2, 0.25) is 0 Å². The first-order chi connectivity index (χ1) is 8.58. The summed E-state index contributed by atoms with van der Waals surface area (Å²) < 4.78 is 0. The normalized spacial score (nSPS) is 9.61. The molecule has 1 aromatic carbocycles. The number of nitrogens with one attached hydrogen (secondary N) is 1. The highest BCUT2D eigenvalue weighted by molar-refractivity contribution is 5.93. The van der Waals surface area contributed by atoms with Crippen molar-refractivity contribution in [3.63, 3.8) is 0 Å². The molecule has 0 atom stereocenters. The van der Waals surface area contributed by atoms with Crippen LogP contribution in [0.4, 0.5) is 10.5 Å². The van der Waals surface area contributed by atoms with Crippen molar-refractivity contribution in [3.05, 3.63) is 42.5 Å². The lowest BCUT2D eigenvalue weighted by molar-refractivity contribution is 0.0697. The van der Waals surface area contributed by atoms with Gasteiger partial charge >= 0.3 is 12.0 Å². The summed E-state index contributed by atoms with van der Waals surface area (Å²) in [5, 5.41) is 11.5. The van der Waals surface area contributed by atoms with Gasteiger partial charge in [0, 0.05) is 18.8 Å². The quantitative estimate of drug-likeness (QED) is 0.786. The zero-order valence-corrected chi connectivity index (χ0v) is 10.2. The molecule has 1 rings (SSSR count). The molecule has 5 nitrogen and oxygen atoms in total. The van der Waals surface area contributed by atoms with Crippen LogP contribution in [0.1, 0.15) is 17.3 Å². The number of hydrogen-bond acceptors (Lipinski definition) is 2. The highest BCUT2D eigenvalue weighted by Crippen LogP contribution is 2.11. The maximum Gasteiger partial charge on any atom is 0.335 e. The van der Waals surface area contributed by atoms with Crippen LogP contribution in [0.3, 0.4) is 0 Å². The number of carbonyl (C=O) groups excluding carboxylic acids is 1. The number of carboxylic acid groups (broad SMARTS) is 1. The first-order valence-electron chi connectivity index (χ1n) is 5.58. The summed E-state index contributed by atoms with van der Waals surface area (Å²) in [6.45, 7) is 6.43. The highest BCUT2D eigenvalue weighted by atomic mass is 16.4. The van der Waals surface area contributed by atoms with E-state index >= 15 is 0 Å². The molecule has 0 aliphatic heterocycles. The molecule has 0 bridgehead atoms. The van der Waals surface area contributed by atoms with E-state index in [0.717, 1.165) is 0 Å². The van der Waals surface area contributed by atoms with Gasteiger partial charge in [-0.15, -0.1) is 6.58 Å². The Balaban J connectivity index is 2.77. The number of nitrogens with zero attached hydrogens (tertiary/aromatic N) is 1. The number of likely N-dealkylation sites (N-methyl/N-ethyl adjacent to an activating group) is 1. The Labute approximate surface area is 106 Å². The molecule has 2 amide bonds. The van der Waals surface area contributed by atoms with Gasteiger partial charge in [0.05, 0.1) is 5.56 Å². The van der Waals surface area contributed by atoms with Crippen molar-refractivity contribution in [1.82, 2.24) is 4.90 Å². The van der Waals surface area contributed by atoms with Gasteiger partial charge < -0.3 is 15.3 Å². The number of benzene rings is 1. The van der Waals surface area contributed by atoms with Crippen LogP contribution in [0.25, 0.3) is 0 Å². The van der Waals surface area contributed by atoms with E-state index in [9.17, 15) is 9.59 Å². The van der Waals surface area contributed by atoms with Crippen molar-refractivity contribution in [2.24, 2.45) is 0 Å². The van der Waals surface area contributed by atoms with Crippen LogP contribution >= 0.6 is 0 Å². The summed E-state index contributed by atoms with van der Waals surface area (Å²) in [5.41, 5.74) is 0.599. The maximum atomic E-state index is 11.8. The van der Waals surface area contributed by atoms with E-state index in [1.807, 2.05) is 6.92 Å². The van der Waals surface area contributed by atoms with E-state index in [2.05, 4.69) is 11.9 Å². The van der Waals surface area contributed by atoms with Gasteiger partial charge in [-0.25, -0.2) is 9.59 Å². The maximum absolute atomic E-state index is 11.8. The SMILES string of the molecule is C=CCN(CC)C(=O)Nc1cccc(C(=O)O)c1. The third kappa shape index (κ3) is 3.62. The number of amides is 2. The second-order valence-corrected chi connectivity index (χ2v) is 3.64. The molecular weight excluding hydrogens is 232 g/mol. The second kappa shape index (κ2) is 6.44. The van der Waals surface area contributed by atoms with Crippen molar-refractivity contribution in [2.45, 2.75) is 6.92 Å². The molecule has 0 aliphatic carbocycles. The lowest BCUT2D eigenvalue weighted by atomic mass is 10.2. The number of hydrogen-bond donors (Lipinski definition) is 2. The Morgan fingerprint density at radius 2 is 2.22 bits per heavy atom. The second-order valence-electron chi connectivity index (χ2n) is 3.64. The van der Waals surface area contributed by atoms with Crippen molar-refractivity contribution < 1.29 is 14.7 Å². The average Bonchev–Trinajstić information content (AvgIpc) is 2.36. The van der Waals surface area contributed by atoms with Gasteiger partial charge in [-0.3, -0.25) is 0 Å². The van der Waals surface area contributed by atoms with Gasteiger partial charge in [-0.05, 0) is 25.1 Å². The van der Waals surface area contributed by atoms with Crippen molar-refractivity contribution in [2.75, 3.05) is 18.4 Å². The van der Waals surface area contributed by atoms with Crippen LogP contribution in [0.15, 0.2) is 36.9 Å². The fourth-order valence-corrected chi connectivity index (χ4v) is 1.44. The minimum atomic E-state index is -1.02. The van der Waals surface area contributed by atoms with Crippen molar-refractivity contribution in [3.8, 4) is 0 Å². The molecular formula is C13H16N2O3. The molecule has 0 saturated heterocycles. The molecule has 1 aromatic rings. The molecule has 0 aromatic heterocycles. The lowest BCUT2D eigenvalue weighted by Gasteiger charge is -2.19. The fourth-order valence-electron chi connectivity index (χ4n) is 1.44. The number of rotatable bonds is 5. The highest BCUT2D eigenvalue weighted by Gasteiger charge is 2.10. The molecule has 2 N–H and O–H groups in total. The van der Waals surface area contributed by atoms with Gasteiger partial charge in [0.15, 0.2) is 0 Å². The molecule has 18 heavy (non-hydrogen) atoms. The molecule has 0 fully saturated rings. The zero-order valence-electron chi connectivity index (χ0n) is 10.2. The summed E-state index contributed by atoms with van der Waals surface area (Å²) in [5.74, 6) is -1.02. The number of aromatic carboxylic acids is 1. The van der Waals surface area contributed by atoms with Crippen LogP contribution in [0.2, 0.25) is 0 Å². The Hall–Kier alpha value is -2.30. The van der Waals surface area contributed by atoms with Gasteiger partial charge in [0.1, 0.15) is 0 Å². The summed E-state index contributed by atoms with van der Waals surface area (Å²) >= 11 is 0. The van der Waals surface area contributed by atoms with Gasteiger partial charge in [-0.2, -0.15) is 0 Å². The molecule has 0 spiro atoms. The Morgan fingerprint density at radius 3 is 2.78 bits per heavy atom. The molecule has 0 saturated carbocycles. The topological polar surface area (TPSA) is 69.6 Å². The summed E-state index contributed by atoms with van der Waals surface area (Å²) in [7, 11) is 0. The predicted octanol–water partition coefficient (Wildman–Crippen LogP) is 2.42. The Morgan fingerprint density at radius 1 is 1.50 bits per heavy atom. The number of carboxylic acids is 1. The van der Waals surface area contributed by atoms with E-state index < -0.39 is 5.97 Å². The largest absolute Gasteiger partial charge is 0.478 e. The van der Waals surface area contributed by atoms with Crippen LogP contribution in [-0.4, -0.2) is 35.1 Å². The van der Waals surface area contributed by atoms with Gasteiger partial charge in [0.25, 0.3) is 0 Å². The smallest absolute Gasteiger partial charge is 0.335 e. The molecule has 0 radical (unpaired) electrons. The predicted molar refractivity (Wildman–Crippen MR) is 69.9 cm³/mol. The summed E-state index contributed by atoms with van der Waals surface area (Å²) in [4.78, 5) is 24.2.